The Hall–Kier alpha value is -1.01. The van der Waals surface area contributed by atoms with E-state index in [-0.39, 0.29) is 11.9 Å². The Balaban J connectivity index is 3.54. The number of amides is 1. The first-order chi connectivity index (χ1) is 6.72. The van der Waals surface area contributed by atoms with Crippen molar-refractivity contribution in [1.82, 2.24) is 10.6 Å². The minimum Gasteiger partial charge on any atom is -0.355 e. The number of carbonyl (C=O) groups is 1. The highest BCUT2D eigenvalue weighted by molar-refractivity contribution is 5.81. The van der Waals surface area contributed by atoms with Crippen molar-refractivity contribution >= 4 is 5.91 Å². The van der Waals surface area contributed by atoms with Crippen molar-refractivity contribution < 1.29 is 4.79 Å². The minimum atomic E-state index is -0.125. The van der Waals surface area contributed by atoms with Gasteiger partial charge >= 0.3 is 0 Å². The summed E-state index contributed by atoms with van der Waals surface area (Å²) in [5.41, 5.74) is 0. The van der Waals surface area contributed by atoms with Crippen LogP contribution in [0.15, 0.2) is 0 Å². The lowest BCUT2D eigenvalue weighted by Crippen LogP contribution is -2.42. The molecule has 1 atom stereocenters. The second kappa shape index (κ2) is 8.58. The molecule has 0 saturated carbocycles. The topological polar surface area (TPSA) is 41.1 Å². The highest BCUT2D eigenvalue weighted by Gasteiger charge is 2.09. The first kappa shape index (κ1) is 13.0. The maximum absolute atomic E-state index is 11.4. The first-order valence-corrected chi connectivity index (χ1v) is 5.13. The fourth-order valence-corrected chi connectivity index (χ4v) is 0.970. The van der Waals surface area contributed by atoms with Gasteiger partial charge in [0.25, 0.3) is 0 Å². The van der Waals surface area contributed by atoms with E-state index in [0.29, 0.717) is 0 Å². The molecule has 0 rings (SSSR count). The molecular formula is C11H20N2O. The maximum atomic E-state index is 11.4. The third-order valence-electron chi connectivity index (χ3n) is 1.82. The van der Waals surface area contributed by atoms with Crippen LogP contribution in [0.25, 0.3) is 0 Å². The number of rotatable bonds is 6. The molecule has 80 valence electrons. The van der Waals surface area contributed by atoms with Crippen molar-refractivity contribution in [3.8, 4) is 11.8 Å². The van der Waals surface area contributed by atoms with Crippen LogP contribution in [-0.4, -0.2) is 25.0 Å². The van der Waals surface area contributed by atoms with Gasteiger partial charge in [0.1, 0.15) is 0 Å². The van der Waals surface area contributed by atoms with Crippen LogP contribution in [-0.2, 0) is 4.79 Å². The third-order valence-corrected chi connectivity index (χ3v) is 1.82. The van der Waals surface area contributed by atoms with Gasteiger partial charge in [-0.3, -0.25) is 4.79 Å². The van der Waals surface area contributed by atoms with E-state index in [1.54, 1.807) is 0 Å². The number of hydrogen-bond acceptors (Lipinski definition) is 2. The zero-order chi connectivity index (χ0) is 10.8. The average molecular weight is 196 g/mol. The molecule has 0 spiro atoms. The molecule has 3 heteroatoms. The fourth-order valence-electron chi connectivity index (χ4n) is 0.970. The molecule has 1 unspecified atom stereocenters. The van der Waals surface area contributed by atoms with E-state index in [0.717, 1.165) is 25.9 Å². The Morgan fingerprint density at radius 3 is 2.71 bits per heavy atom. The lowest BCUT2D eigenvalue weighted by Gasteiger charge is -2.12. The molecular weight excluding hydrogens is 176 g/mol. The Kier molecular flexibility index (Phi) is 7.96. The lowest BCUT2D eigenvalue weighted by molar-refractivity contribution is -0.122. The third kappa shape index (κ3) is 6.50. The van der Waals surface area contributed by atoms with Gasteiger partial charge in [-0.05, 0) is 20.3 Å². The van der Waals surface area contributed by atoms with Crippen molar-refractivity contribution in [2.24, 2.45) is 0 Å². The normalized spacial score (nSPS) is 11.4. The smallest absolute Gasteiger partial charge is 0.236 e. The van der Waals surface area contributed by atoms with Gasteiger partial charge in [0.2, 0.25) is 5.91 Å². The highest BCUT2D eigenvalue weighted by atomic mass is 16.2. The van der Waals surface area contributed by atoms with E-state index in [9.17, 15) is 4.79 Å². The van der Waals surface area contributed by atoms with Crippen LogP contribution in [0.5, 0.6) is 0 Å². The lowest BCUT2D eigenvalue weighted by atomic mass is 10.3. The quantitative estimate of drug-likeness (QED) is 0.489. The molecule has 0 aliphatic heterocycles. The average Bonchev–Trinajstić information content (AvgIpc) is 2.20. The SMILES string of the molecule is CC#CCCNC(C)C(=O)NCCC. The number of carbonyl (C=O) groups excluding carboxylic acids is 1. The highest BCUT2D eigenvalue weighted by Crippen LogP contribution is 1.83. The van der Waals surface area contributed by atoms with Gasteiger partial charge in [-0.1, -0.05) is 6.92 Å². The largest absolute Gasteiger partial charge is 0.355 e. The number of hydrogen-bond donors (Lipinski definition) is 2. The van der Waals surface area contributed by atoms with Crippen LogP contribution >= 0.6 is 0 Å². The molecule has 0 aliphatic rings. The molecule has 1 amide bonds. The van der Waals surface area contributed by atoms with Crippen molar-refractivity contribution in [3.63, 3.8) is 0 Å². The zero-order valence-electron chi connectivity index (χ0n) is 9.31. The molecule has 0 aromatic rings. The molecule has 14 heavy (non-hydrogen) atoms. The molecule has 0 radical (unpaired) electrons. The van der Waals surface area contributed by atoms with Gasteiger partial charge in [0, 0.05) is 19.5 Å². The summed E-state index contributed by atoms with van der Waals surface area (Å²) in [7, 11) is 0. The summed E-state index contributed by atoms with van der Waals surface area (Å²) in [6, 6.07) is -0.125. The van der Waals surface area contributed by atoms with Gasteiger partial charge in [0.15, 0.2) is 0 Å². The summed E-state index contributed by atoms with van der Waals surface area (Å²) < 4.78 is 0. The van der Waals surface area contributed by atoms with Gasteiger partial charge in [-0.2, -0.15) is 0 Å². The van der Waals surface area contributed by atoms with E-state index in [1.807, 2.05) is 20.8 Å². The zero-order valence-corrected chi connectivity index (χ0v) is 9.31. The van der Waals surface area contributed by atoms with E-state index in [2.05, 4.69) is 22.5 Å². The molecule has 0 aliphatic carbocycles. The summed E-state index contributed by atoms with van der Waals surface area (Å²) in [5, 5.41) is 5.95. The van der Waals surface area contributed by atoms with Crippen molar-refractivity contribution in [2.75, 3.05) is 13.1 Å². The molecule has 0 aromatic heterocycles. The minimum absolute atomic E-state index is 0.0660. The molecule has 0 heterocycles. The maximum Gasteiger partial charge on any atom is 0.236 e. The summed E-state index contributed by atoms with van der Waals surface area (Å²) in [6.45, 7) is 7.23. The predicted molar refractivity (Wildman–Crippen MR) is 58.8 cm³/mol. The molecule has 0 saturated heterocycles. The van der Waals surface area contributed by atoms with Crippen molar-refractivity contribution in [3.05, 3.63) is 0 Å². The Morgan fingerprint density at radius 2 is 2.14 bits per heavy atom. The van der Waals surface area contributed by atoms with E-state index < -0.39 is 0 Å². The van der Waals surface area contributed by atoms with Crippen LogP contribution in [0.4, 0.5) is 0 Å². The second-order valence-corrected chi connectivity index (χ2v) is 3.14. The first-order valence-electron chi connectivity index (χ1n) is 5.13. The van der Waals surface area contributed by atoms with E-state index in [1.165, 1.54) is 0 Å². The second-order valence-electron chi connectivity index (χ2n) is 3.14. The van der Waals surface area contributed by atoms with E-state index in [4.69, 9.17) is 0 Å². The van der Waals surface area contributed by atoms with Crippen LogP contribution in [0.3, 0.4) is 0 Å². The predicted octanol–water partition coefficient (Wildman–Crippen LogP) is 0.904. The van der Waals surface area contributed by atoms with Gasteiger partial charge in [-0.15, -0.1) is 11.8 Å². The van der Waals surface area contributed by atoms with Gasteiger partial charge < -0.3 is 10.6 Å². The van der Waals surface area contributed by atoms with Gasteiger partial charge in [0.05, 0.1) is 6.04 Å². The Bertz CT molecular complexity index is 215. The molecule has 0 fully saturated rings. The fraction of sp³-hybridized carbons (Fsp3) is 0.727. The summed E-state index contributed by atoms with van der Waals surface area (Å²) in [5.74, 6) is 5.82. The van der Waals surface area contributed by atoms with Crippen molar-refractivity contribution in [2.45, 2.75) is 39.7 Å². The van der Waals surface area contributed by atoms with Crippen LogP contribution in [0.1, 0.15) is 33.6 Å². The Labute approximate surface area is 86.6 Å². The van der Waals surface area contributed by atoms with Crippen LogP contribution in [0.2, 0.25) is 0 Å². The summed E-state index contributed by atoms with van der Waals surface area (Å²) in [6.07, 6.45) is 1.77. The Morgan fingerprint density at radius 1 is 1.43 bits per heavy atom. The summed E-state index contributed by atoms with van der Waals surface area (Å²) >= 11 is 0. The molecule has 2 N–H and O–H groups in total. The number of nitrogens with one attached hydrogen (secondary N) is 2. The molecule has 0 bridgehead atoms. The van der Waals surface area contributed by atoms with Gasteiger partial charge in [-0.25, -0.2) is 0 Å². The van der Waals surface area contributed by atoms with Crippen LogP contribution in [0, 0.1) is 11.8 Å². The molecule has 0 aromatic carbocycles. The summed E-state index contributed by atoms with van der Waals surface area (Å²) in [4.78, 5) is 11.4. The van der Waals surface area contributed by atoms with Crippen molar-refractivity contribution in [1.29, 1.82) is 0 Å². The molecule has 3 nitrogen and oxygen atoms in total. The van der Waals surface area contributed by atoms with Crippen LogP contribution < -0.4 is 10.6 Å². The van der Waals surface area contributed by atoms with E-state index >= 15 is 0 Å². The monoisotopic (exact) mass is 196 g/mol. The standard InChI is InChI=1S/C11H20N2O/c1-4-6-7-9-12-10(3)11(14)13-8-5-2/h10,12H,5,7-9H2,1-3H3,(H,13,14).